The van der Waals surface area contributed by atoms with E-state index in [4.69, 9.17) is 9.47 Å². The average Bonchev–Trinajstić information content (AvgIpc) is 3.29. The maximum atomic E-state index is 13.9. The second kappa shape index (κ2) is 9.07. The Balaban J connectivity index is 1.48. The molecule has 0 saturated carbocycles. The van der Waals surface area contributed by atoms with Crippen molar-refractivity contribution in [2.24, 2.45) is 0 Å². The maximum Gasteiger partial charge on any atom is 0.255 e. The van der Waals surface area contributed by atoms with Crippen molar-refractivity contribution < 1.29 is 27.4 Å². The Morgan fingerprint density at radius 1 is 1.17 bits per heavy atom. The standard InChI is InChI=1S/C26H22F3N3O3/c1-15-11-31(14-30-15)22-6-3-16(8-24(22)34-2)7-17-4-5-19-12-35-13-23(32(19)26(17)33)18-9-20(27)25(29)21(28)10-18/h3,5-11,14,23H,4,12-13H2,1-2H3/t23-/m0/s1. The van der Waals surface area contributed by atoms with E-state index in [1.54, 1.807) is 19.5 Å². The molecule has 35 heavy (non-hydrogen) atoms. The number of hydrogen-bond acceptors (Lipinski definition) is 4. The van der Waals surface area contributed by atoms with Crippen LogP contribution in [0.2, 0.25) is 0 Å². The van der Waals surface area contributed by atoms with Crippen LogP contribution in [0.25, 0.3) is 11.8 Å². The zero-order valence-electron chi connectivity index (χ0n) is 19.1. The summed E-state index contributed by atoms with van der Waals surface area (Å²) in [6, 6.07) is 6.60. The fourth-order valence-corrected chi connectivity index (χ4v) is 4.40. The van der Waals surface area contributed by atoms with Gasteiger partial charge in [-0.3, -0.25) is 4.79 Å². The van der Waals surface area contributed by atoms with Crippen LogP contribution in [0.3, 0.4) is 0 Å². The summed E-state index contributed by atoms with van der Waals surface area (Å²) in [4.78, 5) is 19.2. The van der Waals surface area contributed by atoms with Crippen molar-refractivity contribution in [2.45, 2.75) is 19.4 Å². The molecule has 1 fully saturated rings. The minimum absolute atomic E-state index is 0.0354. The predicted molar refractivity (Wildman–Crippen MR) is 122 cm³/mol. The number of carbonyl (C=O) groups excluding carboxylic acids is 1. The van der Waals surface area contributed by atoms with Crippen LogP contribution >= 0.6 is 0 Å². The minimum Gasteiger partial charge on any atom is -0.495 e. The lowest BCUT2D eigenvalue weighted by atomic mass is 9.96. The van der Waals surface area contributed by atoms with E-state index in [1.165, 1.54) is 4.90 Å². The molecule has 2 aliphatic rings. The molecule has 0 spiro atoms. The Hall–Kier alpha value is -3.85. The second-order valence-electron chi connectivity index (χ2n) is 8.43. The number of morpholine rings is 1. The summed E-state index contributed by atoms with van der Waals surface area (Å²) in [6.07, 6.45) is 7.57. The van der Waals surface area contributed by atoms with E-state index in [1.807, 2.05) is 42.0 Å². The van der Waals surface area contributed by atoms with Gasteiger partial charge in [-0.15, -0.1) is 0 Å². The van der Waals surface area contributed by atoms with Crippen molar-refractivity contribution in [1.29, 1.82) is 0 Å². The molecule has 180 valence electrons. The van der Waals surface area contributed by atoms with Crippen molar-refractivity contribution in [3.8, 4) is 11.4 Å². The molecule has 0 bridgehead atoms. The average molecular weight is 481 g/mol. The van der Waals surface area contributed by atoms with E-state index in [9.17, 15) is 18.0 Å². The van der Waals surface area contributed by atoms with Crippen molar-refractivity contribution in [1.82, 2.24) is 14.5 Å². The van der Waals surface area contributed by atoms with E-state index in [0.717, 1.165) is 29.1 Å². The Bertz CT molecular complexity index is 1360. The van der Waals surface area contributed by atoms with E-state index in [0.29, 0.717) is 23.4 Å². The van der Waals surface area contributed by atoms with E-state index in [-0.39, 0.29) is 24.7 Å². The zero-order valence-corrected chi connectivity index (χ0v) is 19.1. The number of benzene rings is 2. The lowest BCUT2D eigenvalue weighted by molar-refractivity contribution is -0.132. The lowest BCUT2D eigenvalue weighted by Gasteiger charge is -2.40. The van der Waals surface area contributed by atoms with Crippen molar-refractivity contribution >= 4 is 12.0 Å². The van der Waals surface area contributed by atoms with Gasteiger partial charge < -0.3 is 18.9 Å². The number of ether oxygens (including phenoxy) is 2. The summed E-state index contributed by atoms with van der Waals surface area (Å²) in [7, 11) is 1.57. The first-order valence-electron chi connectivity index (χ1n) is 11.0. The van der Waals surface area contributed by atoms with E-state index >= 15 is 0 Å². The van der Waals surface area contributed by atoms with Gasteiger partial charge in [-0.25, -0.2) is 18.2 Å². The normalized spacial score (nSPS) is 19.1. The molecule has 1 saturated heterocycles. The van der Waals surface area contributed by atoms with Crippen LogP contribution < -0.4 is 4.74 Å². The Kier molecular flexibility index (Phi) is 5.94. The number of methoxy groups -OCH3 is 1. The van der Waals surface area contributed by atoms with Crippen molar-refractivity contribution in [3.05, 3.63) is 94.5 Å². The van der Waals surface area contributed by atoms with E-state index < -0.39 is 23.5 Å². The third-order valence-corrected chi connectivity index (χ3v) is 6.12. The molecule has 6 nitrogen and oxygen atoms in total. The van der Waals surface area contributed by atoms with Gasteiger partial charge in [0.2, 0.25) is 0 Å². The number of hydrogen-bond donors (Lipinski definition) is 0. The summed E-state index contributed by atoms with van der Waals surface area (Å²) in [5.41, 5.74) is 3.67. The highest BCUT2D eigenvalue weighted by Crippen LogP contribution is 2.36. The van der Waals surface area contributed by atoms with Gasteiger partial charge in [0.25, 0.3) is 5.91 Å². The molecule has 0 N–H and O–H groups in total. The predicted octanol–water partition coefficient (Wildman–Crippen LogP) is 4.88. The highest BCUT2D eigenvalue weighted by Gasteiger charge is 2.36. The first-order valence-corrected chi connectivity index (χ1v) is 11.0. The molecule has 3 aromatic rings. The van der Waals surface area contributed by atoms with E-state index in [2.05, 4.69) is 4.98 Å². The van der Waals surface area contributed by atoms with Crippen LogP contribution in [-0.2, 0) is 9.53 Å². The number of fused-ring (bicyclic) bond motifs is 1. The largest absolute Gasteiger partial charge is 0.495 e. The summed E-state index contributed by atoms with van der Waals surface area (Å²) in [5, 5.41) is 0. The molecule has 0 aliphatic carbocycles. The molecule has 1 atom stereocenters. The molecule has 1 amide bonds. The monoisotopic (exact) mass is 481 g/mol. The number of rotatable bonds is 4. The highest BCUT2D eigenvalue weighted by atomic mass is 19.2. The number of imidazole rings is 1. The Morgan fingerprint density at radius 2 is 1.94 bits per heavy atom. The summed E-state index contributed by atoms with van der Waals surface area (Å²) in [5.74, 6) is -3.85. The number of halogens is 3. The van der Waals surface area contributed by atoms with Gasteiger partial charge in [0.15, 0.2) is 17.5 Å². The number of amides is 1. The fraction of sp³-hybridized carbons (Fsp3) is 0.231. The minimum atomic E-state index is -1.55. The number of nitrogens with zero attached hydrogens (tertiary/aromatic N) is 3. The van der Waals surface area contributed by atoms with Gasteiger partial charge in [-0.05, 0) is 54.8 Å². The summed E-state index contributed by atoms with van der Waals surface area (Å²) < 4.78 is 54.3. The van der Waals surface area contributed by atoms with Gasteiger partial charge in [0.1, 0.15) is 5.75 Å². The first kappa shape index (κ1) is 22.9. The third-order valence-electron chi connectivity index (χ3n) is 6.12. The Morgan fingerprint density at radius 3 is 2.63 bits per heavy atom. The molecule has 1 aromatic heterocycles. The zero-order chi connectivity index (χ0) is 24.7. The summed E-state index contributed by atoms with van der Waals surface area (Å²) >= 11 is 0. The molecular weight excluding hydrogens is 459 g/mol. The first-order chi connectivity index (χ1) is 16.9. The quantitative estimate of drug-likeness (QED) is 0.394. The molecular formula is C26H22F3N3O3. The molecule has 2 aromatic carbocycles. The van der Waals surface area contributed by atoms with Crippen LogP contribution in [0.1, 0.15) is 29.3 Å². The van der Waals surface area contributed by atoms with Crippen LogP contribution in [0, 0.1) is 24.4 Å². The third kappa shape index (κ3) is 4.23. The SMILES string of the molecule is COc1cc(C=C2CC=C3COC[C@@H](c4cc(F)c(F)c(F)c4)N3C2=O)ccc1-n1cnc(C)c1. The molecule has 9 heteroatoms. The smallest absolute Gasteiger partial charge is 0.255 e. The number of aromatic nitrogens is 2. The molecule has 0 radical (unpaired) electrons. The van der Waals surface area contributed by atoms with Crippen LogP contribution in [0.4, 0.5) is 13.2 Å². The fourth-order valence-electron chi connectivity index (χ4n) is 4.40. The van der Waals surface area contributed by atoms with Gasteiger partial charge in [0.05, 0.1) is 44.1 Å². The molecule has 3 heterocycles. The van der Waals surface area contributed by atoms with Gasteiger partial charge in [0, 0.05) is 17.5 Å². The Labute approximate surface area is 199 Å². The van der Waals surface area contributed by atoms with Crippen LogP contribution in [-0.4, -0.2) is 40.7 Å². The number of allylic oxidation sites excluding steroid dienone is 1. The lowest BCUT2D eigenvalue weighted by Crippen LogP contribution is -2.44. The maximum absolute atomic E-state index is 13.9. The number of aryl methyl sites for hydroxylation is 1. The molecule has 0 unspecified atom stereocenters. The molecule has 2 aliphatic heterocycles. The molecule has 5 rings (SSSR count). The second-order valence-corrected chi connectivity index (χ2v) is 8.43. The number of carbonyl (C=O) groups is 1. The van der Waals surface area contributed by atoms with Crippen molar-refractivity contribution in [2.75, 3.05) is 20.3 Å². The van der Waals surface area contributed by atoms with Crippen molar-refractivity contribution in [3.63, 3.8) is 0 Å². The van der Waals surface area contributed by atoms with Crippen LogP contribution in [0.5, 0.6) is 5.75 Å². The van der Waals surface area contributed by atoms with Gasteiger partial charge in [-0.1, -0.05) is 12.1 Å². The topological polar surface area (TPSA) is 56.6 Å². The van der Waals surface area contributed by atoms with Gasteiger partial charge >= 0.3 is 0 Å². The van der Waals surface area contributed by atoms with Crippen LogP contribution in [0.15, 0.2) is 60.2 Å². The highest BCUT2D eigenvalue weighted by molar-refractivity contribution is 6.00. The summed E-state index contributed by atoms with van der Waals surface area (Å²) in [6.45, 7) is 2.13. The van der Waals surface area contributed by atoms with Gasteiger partial charge in [-0.2, -0.15) is 0 Å².